The first-order chi connectivity index (χ1) is 13.0. The number of benzene rings is 2. The lowest BCUT2D eigenvalue weighted by Gasteiger charge is -2.15. The first-order valence-electron chi connectivity index (χ1n) is 8.73. The van der Waals surface area contributed by atoms with Crippen LogP contribution < -0.4 is 5.32 Å². The van der Waals surface area contributed by atoms with Gasteiger partial charge < -0.3 is 9.88 Å². The summed E-state index contributed by atoms with van der Waals surface area (Å²) < 4.78 is 15.2. The van der Waals surface area contributed by atoms with E-state index in [1.807, 2.05) is 17.6 Å². The van der Waals surface area contributed by atoms with Gasteiger partial charge in [0.2, 0.25) is 0 Å². The van der Waals surface area contributed by atoms with E-state index < -0.39 is 5.82 Å². The third-order valence-corrected chi connectivity index (χ3v) is 4.52. The maximum absolute atomic E-state index is 13.3. The molecule has 2 aromatic carbocycles. The molecule has 7 heteroatoms. The molecule has 27 heavy (non-hydrogen) atoms. The highest BCUT2D eigenvalue weighted by Crippen LogP contribution is 2.29. The molecule has 1 heterocycles. The van der Waals surface area contributed by atoms with Crippen molar-refractivity contribution in [2.75, 3.05) is 0 Å². The van der Waals surface area contributed by atoms with Gasteiger partial charge in [0.05, 0.1) is 11.1 Å². The molecule has 140 valence electrons. The van der Waals surface area contributed by atoms with E-state index in [0.29, 0.717) is 22.0 Å². The SMILES string of the molecule is CCCn1cnnc1[C@@H](C)NC(=O)c1cccc(-c2ccc(F)cc2Cl)c1. The highest BCUT2D eigenvalue weighted by molar-refractivity contribution is 6.33. The standard InChI is InChI=1S/C20H20ClFN4O/c1-3-9-26-12-23-25-19(26)13(2)24-20(27)15-6-4-5-14(10-15)17-8-7-16(22)11-18(17)21/h4-8,10-13H,3,9H2,1-2H3,(H,24,27)/t13-/m1/s1. The molecule has 1 amide bonds. The Labute approximate surface area is 162 Å². The molecule has 1 aromatic heterocycles. The Balaban J connectivity index is 1.80. The number of aromatic nitrogens is 3. The van der Waals surface area contributed by atoms with Crippen LogP contribution in [0.25, 0.3) is 11.1 Å². The number of amides is 1. The quantitative estimate of drug-likeness (QED) is 0.671. The third kappa shape index (κ3) is 4.34. The van der Waals surface area contributed by atoms with Crippen LogP contribution in [0, 0.1) is 5.82 Å². The minimum absolute atomic E-state index is 0.228. The van der Waals surface area contributed by atoms with Gasteiger partial charge in [-0.3, -0.25) is 4.79 Å². The number of nitrogens with one attached hydrogen (secondary N) is 1. The molecule has 5 nitrogen and oxygen atoms in total. The fourth-order valence-corrected chi connectivity index (χ4v) is 3.18. The number of rotatable bonds is 6. The van der Waals surface area contributed by atoms with E-state index in [-0.39, 0.29) is 11.9 Å². The van der Waals surface area contributed by atoms with Crippen molar-refractivity contribution in [2.45, 2.75) is 32.9 Å². The number of carbonyl (C=O) groups is 1. The van der Waals surface area contributed by atoms with Crippen LogP contribution in [-0.4, -0.2) is 20.7 Å². The summed E-state index contributed by atoms with van der Waals surface area (Å²) in [6, 6.07) is 11.0. The Morgan fingerprint density at radius 1 is 1.30 bits per heavy atom. The number of hydrogen-bond donors (Lipinski definition) is 1. The molecule has 3 aromatic rings. The lowest BCUT2D eigenvalue weighted by molar-refractivity contribution is 0.0937. The summed E-state index contributed by atoms with van der Waals surface area (Å²) in [5.74, 6) is 0.0826. The first kappa shape index (κ1) is 19.0. The highest BCUT2D eigenvalue weighted by Gasteiger charge is 2.17. The largest absolute Gasteiger partial charge is 0.342 e. The monoisotopic (exact) mass is 386 g/mol. The summed E-state index contributed by atoms with van der Waals surface area (Å²) in [4.78, 5) is 12.7. The molecule has 1 N–H and O–H groups in total. The molecule has 0 aliphatic carbocycles. The molecule has 0 saturated carbocycles. The molecule has 0 aliphatic rings. The van der Waals surface area contributed by atoms with E-state index in [4.69, 9.17) is 11.6 Å². The predicted molar refractivity (Wildman–Crippen MR) is 103 cm³/mol. The number of aryl methyl sites for hydroxylation is 1. The van der Waals surface area contributed by atoms with Gasteiger partial charge in [-0.1, -0.05) is 30.7 Å². The van der Waals surface area contributed by atoms with Gasteiger partial charge in [0, 0.05) is 17.7 Å². The van der Waals surface area contributed by atoms with E-state index >= 15 is 0 Å². The Hall–Kier alpha value is -2.73. The molecule has 0 saturated heterocycles. The fraction of sp³-hybridized carbons (Fsp3) is 0.250. The fourth-order valence-electron chi connectivity index (χ4n) is 2.91. The summed E-state index contributed by atoms with van der Waals surface area (Å²) in [6.07, 6.45) is 2.62. The highest BCUT2D eigenvalue weighted by atomic mass is 35.5. The number of halogens is 2. The molecular weight excluding hydrogens is 367 g/mol. The van der Waals surface area contributed by atoms with Crippen molar-refractivity contribution in [1.29, 1.82) is 0 Å². The zero-order valence-corrected chi connectivity index (χ0v) is 15.9. The normalized spacial score (nSPS) is 12.0. The second-order valence-corrected chi connectivity index (χ2v) is 6.69. The van der Waals surface area contributed by atoms with Gasteiger partial charge in [0.1, 0.15) is 12.1 Å². The summed E-state index contributed by atoms with van der Waals surface area (Å²) in [6.45, 7) is 4.73. The molecule has 0 spiro atoms. The number of hydrogen-bond acceptors (Lipinski definition) is 3. The Morgan fingerprint density at radius 2 is 2.11 bits per heavy atom. The molecule has 1 atom stereocenters. The zero-order valence-electron chi connectivity index (χ0n) is 15.1. The summed E-state index contributed by atoms with van der Waals surface area (Å²) >= 11 is 6.14. The smallest absolute Gasteiger partial charge is 0.251 e. The van der Waals surface area contributed by atoms with E-state index in [0.717, 1.165) is 18.5 Å². The van der Waals surface area contributed by atoms with Crippen molar-refractivity contribution in [2.24, 2.45) is 0 Å². The van der Waals surface area contributed by atoms with Crippen molar-refractivity contribution in [3.05, 3.63) is 71.0 Å². The van der Waals surface area contributed by atoms with Crippen LogP contribution in [0.5, 0.6) is 0 Å². The average Bonchev–Trinajstić information content (AvgIpc) is 3.10. The lowest BCUT2D eigenvalue weighted by atomic mass is 10.0. The topological polar surface area (TPSA) is 59.8 Å². The molecular formula is C20H20ClFN4O. The van der Waals surface area contributed by atoms with Gasteiger partial charge in [-0.05, 0) is 49.2 Å². The van der Waals surface area contributed by atoms with Crippen LogP contribution in [0.1, 0.15) is 42.5 Å². The maximum Gasteiger partial charge on any atom is 0.251 e. The number of carbonyl (C=O) groups excluding carboxylic acids is 1. The molecule has 0 bridgehead atoms. The van der Waals surface area contributed by atoms with Crippen molar-refractivity contribution < 1.29 is 9.18 Å². The van der Waals surface area contributed by atoms with Gasteiger partial charge in [-0.15, -0.1) is 10.2 Å². The van der Waals surface area contributed by atoms with E-state index in [2.05, 4.69) is 22.4 Å². The number of nitrogens with zero attached hydrogens (tertiary/aromatic N) is 3. The molecule has 3 rings (SSSR count). The van der Waals surface area contributed by atoms with Crippen LogP contribution in [0.15, 0.2) is 48.8 Å². The maximum atomic E-state index is 13.3. The third-order valence-electron chi connectivity index (χ3n) is 4.21. The van der Waals surface area contributed by atoms with Gasteiger partial charge >= 0.3 is 0 Å². The van der Waals surface area contributed by atoms with E-state index in [1.54, 1.807) is 30.6 Å². The first-order valence-corrected chi connectivity index (χ1v) is 9.11. The lowest BCUT2D eigenvalue weighted by Crippen LogP contribution is -2.28. The zero-order chi connectivity index (χ0) is 19.4. The molecule has 0 fully saturated rings. The molecule has 0 radical (unpaired) electrons. The second kappa shape index (κ2) is 8.31. The Bertz CT molecular complexity index is 957. The average molecular weight is 387 g/mol. The minimum Gasteiger partial charge on any atom is -0.342 e. The summed E-state index contributed by atoms with van der Waals surface area (Å²) in [5.41, 5.74) is 1.90. The van der Waals surface area contributed by atoms with Gasteiger partial charge in [0.15, 0.2) is 5.82 Å². The van der Waals surface area contributed by atoms with Gasteiger partial charge in [0.25, 0.3) is 5.91 Å². The minimum atomic E-state index is -0.400. The van der Waals surface area contributed by atoms with Gasteiger partial charge in [-0.25, -0.2) is 4.39 Å². The predicted octanol–water partition coefficient (Wildman–Crippen LogP) is 4.64. The van der Waals surface area contributed by atoms with E-state index in [1.165, 1.54) is 12.1 Å². The summed E-state index contributed by atoms with van der Waals surface area (Å²) in [7, 11) is 0. The van der Waals surface area contributed by atoms with Crippen molar-refractivity contribution in [3.8, 4) is 11.1 Å². The van der Waals surface area contributed by atoms with Crippen molar-refractivity contribution >= 4 is 17.5 Å². The van der Waals surface area contributed by atoms with Crippen LogP contribution in [-0.2, 0) is 6.54 Å². The van der Waals surface area contributed by atoms with Crippen LogP contribution in [0.2, 0.25) is 5.02 Å². The van der Waals surface area contributed by atoms with Gasteiger partial charge in [-0.2, -0.15) is 0 Å². The van der Waals surface area contributed by atoms with Crippen LogP contribution in [0.3, 0.4) is 0 Å². The molecule has 0 aliphatic heterocycles. The Morgan fingerprint density at radius 3 is 2.85 bits per heavy atom. The second-order valence-electron chi connectivity index (χ2n) is 6.28. The van der Waals surface area contributed by atoms with Crippen LogP contribution in [0.4, 0.5) is 4.39 Å². The Kier molecular flexibility index (Phi) is 5.86. The molecule has 0 unspecified atom stereocenters. The van der Waals surface area contributed by atoms with Crippen molar-refractivity contribution in [3.63, 3.8) is 0 Å². The summed E-state index contributed by atoms with van der Waals surface area (Å²) in [5, 5.41) is 11.3. The van der Waals surface area contributed by atoms with Crippen molar-refractivity contribution in [1.82, 2.24) is 20.1 Å². The van der Waals surface area contributed by atoms with Crippen LogP contribution >= 0.6 is 11.6 Å². The van der Waals surface area contributed by atoms with E-state index in [9.17, 15) is 9.18 Å².